The molecular weight excluding hydrogens is 390 g/mol. The largest absolute Gasteiger partial charge is 0.341 e. The van der Waals surface area contributed by atoms with Gasteiger partial charge in [-0.15, -0.1) is 0 Å². The second-order valence-electron chi connectivity index (χ2n) is 9.34. The number of aromatic nitrogens is 5. The van der Waals surface area contributed by atoms with Crippen LogP contribution in [0.15, 0.2) is 18.3 Å². The molecule has 6 rings (SSSR count). The average Bonchev–Trinajstić information content (AvgIpc) is 3.14. The highest BCUT2D eigenvalue weighted by Gasteiger charge is 2.26. The van der Waals surface area contributed by atoms with Crippen molar-refractivity contribution in [2.45, 2.75) is 57.0 Å². The van der Waals surface area contributed by atoms with E-state index in [2.05, 4.69) is 48.0 Å². The number of nitrogens with two attached hydrogens (primary N) is 1. The highest BCUT2D eigenvalue weighted by molar-refractivity contribution is 5.58. The van der Waals surface area contributed by atoms with Crippen LogP contribution < -0.4 is 16.0 Å². The van der Waals surface area contributed by atoms with Crippen molar-refractivity contribution in [1.82, 2.24) is 29.5 Å². The standard InChI is InChI=1S/C22H31N9/c23-17-5-9-30(10-6-17)21-25-20-11-15(13-29-7-1-2-8-29)14-31(20)22(26-21)24-19-12-18(27-28-19)16-3-4-16/h11-12,14,16-17H,1-10,13,23H2,(H2,24,25,26,27,28). The Hall–Kier alpha value is -2.65. The minimum absolute atomic E-state index is 0.280. The summed E-state index contributed by atoms with van der Waals surface area (Å²) >= 11 is 0. The van der Waals surface area contributed by atoms with E-state index in [1.807, 2.05) is 0 Å². The lowest BCUT2D eigenvalue weighted by Gasteiger charge is -2.30. The zero-order valence-electron chi connectivity index (χ0n) is 17.9. The van der Waals surface area contributed by atoms with Gasteiger partial charge in [0.25, 0.3) is 0 Å². The van der Waals surface area contributed by atoms with Gasteiger partial charge in [0.15, 0.2) is 5.82 Å². The predicted octanol–water partition coefficient (Wildman–Crippen LogP) is 2.60. The van der Waals surface area contributed by atoms with Crippen LogP contribution in [0.4, 0.5) is 17.7 Å². The van der Waals surface area contributed by atoms with E-state index < -0.39 is 0 Å². The monoisotopic (exact) mass is 421 g/mol. The molecule has 9 heteroatoms. The first-order chi connectivity index (χ1) is 15.2. The quantitative estimate of drug-likeness (QED) is 0.562. The van der Waals surface area contributed by atoms with E-state index in [9.17, 15) is 0 Å². The number of hydrogen-bond donors (Lipinski definition) is 3. The van der Waals surface area contributed by atoms with Crippen molar-refractivity contribution in [2.24, 2.45) is 5.73 Å². The van der Waals surface area contributed by atoms with Crippen LogP contribution in [-0.2, 0) is 6.54 Å². The summed E-state index contributed by atoms with van der Waals surface area (Å²) < 4.78 is 2.07. The SMILES string of the molecule is NC1CCN(c2nc(Nc3cc(C4CC4)[nH]n3)n3cc(CN4CCCC4)cc3n2)CC1. The number of anilines is 3. The number of likely N-dealkylation sites (tertiary alicyclic amines) is 1. The van der Waals surface area contributed by atoms with Gasteiger partial charge in [0.2, 0.25) is 11.9 Å². The molecule has 2 aliphatic heterocycles. The number of hydrogen-bond acceptors (Lipinski definition) is 7. The van der Waals surface area contributed by atoms with Gasteiger partial charge in [-0.1, -0.05) is 0 Å². The third-order valence-corrected chi connectivity index (χ3v) is 6.79. The molecule has 0 atom stereocenters. The lowest BCUT2D eigenvalue weighted by Crippen LogP contribution is -2.40. The van der Waals surface area contributed by atoms with Gasteiger partial charge in [-0.05, 0) is 63.2 Å². The molecule has 3 aromatic rings. The van der Waals surface area contributed by atoms with Gasteiger partial charge in [-0.3, -0.25) is 14.4 Å². The fourth-order valence-electron chi connectivity index (χ4n) is 4.77. The minimum Gasteiger partial charge on any atom is -0.341 e. The number of piperidine rings is 1. The van der Waals surface area contributed by atoms with Crippen LogP contribution >= 0.6 is 0 Å². The first kappa shape index (κ1) is 19.1. The van der Waals surface area contributed by atoms with Gasteiger partial charge in [-0.2, -0.15) is 15.1 Å². The molecule has 31 heavy (non-hydrogen) atoms. The molecule has 9 nitrogen and oxygen atoms in total. The molecule has 0 spiro atoms. The highest BCUT2D eigenvalue weighted by atomic mass is 15.3. The number of fused-ring (bicyclic) bond motifs is 1. The van der Waals surface area contributed by atoms with E-state index in [1.165, 1.54) is 50.0 Å². The van der Waals surface area contributed by atoms with Crippen molar-refractivity contribution in [3.05, 3.63) is 29.6 Å². The first-order valence-corrected chi connectivity index (χ1v) is 11.7. The first-order valence-electron chi connectivity index (χ1n) is 11.7. The smallest absolute Gasteiger partial charge is 0.230 e. The van der Waals surface area contributed by atoms with Crippen molar-refractivity contribution < 1.29 is 0 Å². The Balaban J connectivity index is 1.33. The summed E-state index contributed by atoms with van der Waals surface area (Å²) in [5.74, 6) is 2.98. The normalized spacial score (nSPS) is 20.7. The molecular formula is C22H31N9. The van der Waals surface area contributed by atoms with Gasteiger partial charge < -0.3 is 16.0 Å². The van der Waals surface area contributed by atoms with Crippen LogP contribution in [0.5, 0.6) is 0 Å². The molecule has 3 fully saturated rings. The molecule has 4 N–H and O–H groups in total. The summed E-state index contributed by atoms with van der Waals surface area (Å²) in [6.07, 6.45) is 9.20. The van der Waals surface area contributed by atoms with Crippen LogP contribution in [-0.4, -0.2) is 61.7 Å². The Morgan fingerprint density at radius 2 is 1.84 bits per heavy atom. The average molecular weight is 422 g/mol. The zero-order valence-corrected chi connectivity index (χ0v) is 17.9. The van der Waals surface area contributed by atoms with Crippen molar-refractivity contribution in [3.8, 4) is 0 Å². The Kier molecular flexibility index (Phi) is 4.80. The van der Waals surface area contributed by atoms with Crippen LogP contribution in [0.2, 0.25) is 0 Å². The fraction of sp³-hybridized carbons (Fsp3) is 0.591. The van der Waals surface area contributed by atoms with Gasteiger partial charge >= 0.3 is 0 Å². The Morgan fingerprint density at radius 3 is 2.61 bits per heavy atom. The molecule has 0 amide bonds. The maximum absolute atomic E-state index is 6.11. The number of nitrogens with one attached hydrogen (secondary N) is 2. The molecule has 3 aromatic heterocycles. The third-order valence-electron chi connectivity index (χ3n) is 6.79. The van der Waals surface area contributed by atoms with E-state index in [0.29, 0.717) is 5.92 Å². The zero-order chi connectivity index (χ0) is 20.8. The summed E-state index contributed by atoms with van der Waals surface area (Å²) in [5.41, 5.74) is 9.52. The molecule has 0 radical (unpaired) electrons. The van der Waals surface area contributed by atoms with E-state index in [-0.39, 0.29) is 6.04 Å². The third kappa shape index (κ3) is 3.99. The van der Waals surface area contributed by atoms with Crippen LogP contribution in [0.25, 0.3) is 5.65 Å². The lowest BCUT2D eigenvalue weighted by molar-refractivity contribution is 0.331. The molecule has 164 valence electrons. The molecule has 0 bridgehead atoms. The Bertz CT molecular complexity index is 1050. The van der Waals surface area contributed by atoms with Crippen molar-refractivity contribution in [1.29, 1.82) is 0 Å². The number of aromatic amines is 1. The minimum atomic E-state index is 0.280. The van der Waals surface area contributed by atoms with Crippen LogP contribution in [0.3, 0.4) is 0 Å². The van der Waals surface area contributed by atoms with Gasteiger partial charge in [-0.25, -0.2) is 0 Å². The predicted molar refractivity (Wildman–Crippen MR) is 121 cm³/mol. The lowest BCUT2D eigenvalue weighted by atomic mass is 10.1. The molecule has 2 saturated heterocycles. The van der Waals surface area contributed by atoms with Crippen molar-refractivity contribution in [2.75, 3.05) is 36.4 Å². The summed E-state index contributed by atoms with van der Waals surface area (Å²) in [6, 6.07) is 4.59. The number of nitrogens with zero attached hydrogens (tertiary/aromatic N) is 6. The molecule has 1 aliphatic carbocycles. The maximum atomic E-state index is 6.11. The van der Waals surface area contributed by atoms with Crippen LogP contribution in [0, 0.1) is 0 Å². The summed E-state index contributed by atoms with van der Waals surface area (Å²) in [5, 5.41) is 11.1. The Morgan fingerprint density at radius 1 is 1.03 bits per heavy atom. The van der Waals surface area contributed by atoms with Crippen LogP contribution in [0.1, 0.15) is 55.7 Å². The van der Waals surface area contributed by atoms with E-state index in [0.717, 1.165) is 55.8 Å². The highest BCUT2D eigenvalue weighted by Crippen LogP contribution is 2.39. The van der Waals surface area contributed by atoms with Gasteiger partial charge in [0, 0.05) is 49.6 Å². The van der Waals surface area contributed by atoms with Gasteiger partial charge in [0.1, 0.15) is 5.65 Å². The summed E-state index contributed by atoms with van der Waals surface area (Å²) in [4.78, 5) is 14.6. The number of rotatable bonds is 6. The Labute approximate surface area is 182 Å². The molecule has 0 aromatic carbocycles. The van der Waals surface area contributed by atoms with E-state index in [1.54, 1.807) is 0 Å². The van der Waals surface area contributed by atoms with E-state index in [4.69, 9.17) is 15.7 Å². The molecule has 3 aliphatic rings. The van der Waals surface area contributed by atoms with Crippen molar-refractivity contribution >= 4 is 23.4 Å². The van der Waals surface area contributed by atoms with E-state index >= 15 is 0 Å². The second kappa shape index (κ2) is 7.80. The summed E-state index contributed by atoms with van der Waals surface area (Å²) in [7, 11) is 0. The maximum Gasteiger partial charge on any atom is 0.230 e. The van der Waals surface area contributed by atoms with Gasteiger partial charge in [0.05, 0.1) is 0 Å². The summed E-state index contributed by atoms with van der Waals surface area (Å²) in [6.45, 7) is 5.11. The second-order valence-corrected chi connectivity index (χ2v) is 9.34. The van der Waals surface area contributed by atoms with Crippen molar-refractivity contribution in [3.63, 3.8) is 0 Å². The molecule has 5 heterocycles. The topological polar surface area (TPSA) is 103 Å². The molecule has 1 saturated carbocycles. The fourth-order valence-corrected chi connectivity index (χ4v) is 4.77. The number of H-pyrrole nitrogens is 1. The molecule has 0 unspecified atom stereocenters.